The van der Waals surface area contributed by atoms with Crippen LogP contribution in [0.4, 0.5) is 22.0 Å². The Morgan fingerprint density at radius 2 is 2.00 bits per heavy atom. The van der Waals surface area contributed by atoms with Gasteiger partial charge < -0.3 is 15.5 Å². The summed E-state index contributed by atoms with van der Waals surface area (Å²) in [5, 5.41) is 0. The molecule has 0 spiro atoms. The first-order valence-electron chi connectivity index (χ1n) is 8.16. The summed E-state index contributed by atoms with van der Waals surface area (Å²) >= 11 is 0. The number of alkyl halides is 1. The van der Waals surface area contributed by atoms with Gasteiger partial charge in [-0.05, 0) is 25.5 Å². The van der Waals surface area contributed by atoms with Crippen LogP contribution in [0.3, 0.4) is 0 Å². The lowest BCUT2D eigenvalue weighted by Crippen LogP contribution is -2.51. The topological polar surface area (TPSA) is 88.2 Å². The Balaban J connectivity index is 1.76. The van der Waals surface area contributed by atoms with Gasteiger partial charge in [-0.3, -0.25) is 4.79 Å². The van der Waals surface area contributed by atoms with Crippen LogP contribution in [0.25, 0.3) is 0 Å². The molecule has 1 aromatic heterocycles. The standard InChI is InChI=1S/C17H21FN6O/c1-11(18)15-20-16(19)22-17(21-15)23(2)13-8-9-24(10-14(13)25)12-6-4-3-5-7-12/h3-7,11,13H,8-10H2,1-2H3,(H2,19,20,21,22). The number of nitrogens with two attached hydrogens (primary N) is 1. The fourth-order valence-corrected chi connectivity index (χ4v) is 2.95. The van der Waals surface area contributed by atoms with Crippen LogP contribution >= 0.6 is 0 Å². The van der Waals surface area contributed by atoms with Gasteiger partial charge in [-0.25, -0.2) is 4.39 Å². The van der Waals surface area contributed by atoms with Gasteiger partial charge in [0.05, 0.1) is 12.6 Å². The van der Waals surface area contributed by atoms with E-state index in [2.05, 4.69) is 15.0 Å². The summed E-state index contributed by atoms with van der Waals surface area (Å²) < 4.78 is 13.5. The number of hydrogen-bond acceptors (Lipinski definition) is 7. The maximum Gasteiger partial charge on any atom is 0.230 e. The van der Waals surface area contributed by atoms with Gasteiger partial charge in [0.1, 0.15) is 0 Å². The van der Waals surface area contributed by atoms with Crippen LogP contribution in [0, 0.1) is 0 Å². The second-order valence-electron chi connectivity index (χ2n) is 6.11. The molecule has 1 aliphatic heterocycles. The lowest BCUT2D eigenvalue weighted by Gasteiger charge is -2.36. The molecule has 0 aliphatic carbocycles. The normalized spacial score (nSPS) is 18.9. The van der Waals surface area contributed by atoms with E-state index in [1.165, 1.54) is 6.92 Å². The number of nitrogen functional groups attached to an aromatic ring is 1. The van der Waals surface area contributed by atoms with Crippen LogP contribution in [0.1, 0.15) is 25.3 Å². The first-order chi connectivity index (χ1) is 12.0. The molecule has 25 heavy (non-hydrogen) atoms. The molecule has 1 aromatic carbocycles. The van der Waals surface area contributed by atoms with Gasteiger partial charge >= 0.3 is 0 Å². The number of Topliss-reactive ketones (excluding diaryl/α,β-unsaturated/α-hetero) is 1. The van der Waals surface area contributed by atoms with E-state index in [1.54, 1.807) is 11.9 Å². The number of aromatic nitrogens is 3. The molecule has 2 atom stereocenters. The van der Waals surface area contributed by atoms with Crippen molar-refractivity contribution in [2.75, 3.05) is 35.7 Å². The summed E-state index contributed by atoms with van der Waals surface area (Å²) in [4.78, 5) is 28.3. The number of anilines is 3. The zero-order chi connectivity index (χ0) is 18.0. The highest BCUT2D eigenvalue weighted by Crippen LogP contribution is 2.23. The molecule has 1 fully saturated rings. The number of benzene rings is 1. The van der Waals surface area contributed by atoms with Crippen molar-refractivity contribution in [1.29, 1.82) is 0 Å². The average Bonchev–Trinajstić information content (AvgIpc) is 2.61. The zero-order valence-electron chi connectivity index (χ0n) is 14.3. The molecule has 1 saturated heterocycles. The number of carbonyl (C=O) groups excluding carboxylic acids is 1. The Hall–Kier alpha value is -2.77. The van der Waals surface area contributed by atoms with Crippen LogP contribution in [0.15, 0.2) is 30.3 Å². The van der Waals surface area contributed by atoms with Crippen molar-refractivity contribution < 1.29 is 9.18 Å². The van der Waals surface area contributed by atoms with E-state index in [0.29, 0.717) is 13.0 Å². The summed E-state index contributed by atoms with van der Waals surface area (Å²) in [7, 11) is 1.72. The van der Waals surface area contributed by atoms with Crippen molar-refractivity contribution in [2.24, 2.45) is 0 Å². The Morgan fingerprint density at radius 3 is 2.64 bits per heavy atom. The number of carbonyl (C=O) groups is 1. The molecule has 2 unspecified atom stereocenters. The third-order valence-corrected chi connectivity index (χ3v) is 4.31. The number of nitrogens with zero attached hydrogens (tertiary/aromatic N) is 5. The second kappa shape index (κ2) is 7.00. The SMILES string of the molecule is CC(F)c1nc(N)nc(N(C)C2CCN(c3ccccc3)CC2=O)n1. The molecule has 7 nitrogen and oxygen atoms in total. The van der Waals surface area contributed by atoms with Crippen molar-refractivity contribution >= 4 is 23.4 Å². The number of hydrogen-bond donors (Lipinski definition) is 1. The molecule has 2 heterocycles. The van der Waals surface area contributed by atoms with Crippen LogP contribution in [0.2, 0.25) is 0 Å². The molecule has 2 N–H and O–H groups in total. The van der Waals surface area contributed by atoms with E-state index in [-0.39, 0.29) is 29.5 Å². The van der Waals surface area contributed by atoms with Gasteiger partial charge in [0.25, 0.3) is 0 Å². The van der Waals surface area contributed by atoms with E-state index in [0.717, 1.165) is 12.2 Å². The largest absolute Gasteiger partial charge is 0.368 e. The molecular formula is C17H21FN6O. The van der Waals surface area contributed by atoms with Crippen LogP contribution in [0.5, 0.6) is 0 Å². The summed E-state index contributed by atoms with van der Waals surface area (Å²) in [6.07, 6.45) is -0.732. The van der Waals surface area contributed by atoms with Crippen LogP contribution in [-0.4, -0.2) is 46.9 Å². The molecule has 0 bridgehead atoms. The van der Waals surface area contributed by atoms with Gasteiger partial charge in [-0.1, -0.05) is 18.2 Å². The fraction of sp³-hybridized carbons (Fsp3) is 0.412. The number of halogens is 1. The highest BCUT2D eigenvalue weighted by Gasteiger charge is 2.32. The third kappa shape index (κ3) is 3.67. The number of para-hydroxylation sites is 1. The molecule has 3 rings (SSSR count). The predicted molar refractivity (Wildman–Crippen MR) is 94.2 cm³/mol. The lowest BCUT2D eigenvalue weighted by atomic mass is 10.0. The molecular weight excluding hydrogens is 323 g/mol. The molecule has 8 heteroatoms. The van der Waals surface area contributed by atoms with Crippen LogP contribution < -0.4 is 15.5 Å². The van der Waals surface area contributed by atoms with Crippen molar-refractivity contribution in [3.05, 3.63) is 36.2 Å². The summed E-state index contributed by atoms with van der Waals surface area (Å²) in [5.41, 5.74) is 6.67. The third-order valence-electron chi connectivity index (χ3n) is 4.31. The van der Waals surface area contributed by atoms with Crippen molar-refractivity contribution in [1.82, 2.24) is 15.0 Å². The first-order valence-corrected chi connectivity index (χ1v) is 8.16. The van der Waals surface area contributed by atoms with Gasteiger partial charge in [0, 0.05) is 19.3 Å². The Labute approximate surface area is 145 Å². The van der Waals surface area contributed by atoms with Crippen molar-refractivity contribution in [3.63, 3.8) is 0 Å². The van der Waals surface area contributed by atoms with E-state index < -0.39 is 6.17 Å². The van der Waals surface area contributed by atoms with Gasteiger partial charge in [0.15, 0.2) is 17.8 Å². The van der Waals surface area contributed by atoms with E-state index in [1.807, 2.05) is 35.2 Å². The van der Waals surface area contributed by atoms with E-state index in [9.17, 15) is 9.18 Å². The van der Waals surface area contributed by atoms with Crippen molar-refractivity contribution in [2.45, 2.75) is 25.6 Å². The van der Waals surface area contributed by atoms with Gasteiger partial charge in [-0.15, -0.1) is 0 Å². The zero-order valence-corrected chi connectivity index (χ0v) is 14.3. The molecule has 0 radical (unpaired) electrons. The predicted octanol–water partition coefficient (Wildman–Crippen LogP) is 1.77. The monoisotopic (exact) mass is 344 g/mol. The van der Waals surface area contributed by atoms with E-state index >= 15 is 0 Å². The molecule has 2 aromatic rings. The Bertz CT molecular complexity index is 754. The van der Waals surface area contributed by atoms with Gasteiger partial charge in [0.2, 0.25) is 11.9 Å². The number of rotatable bonds is 4. The van der Waals surface area contributed by atoms with E-state index in [4.69, 9.17) is 5.73 Å². The molecule has 132 valence electrons. The average molecular weight is 344 g/mol. The minimum absolute atomic E-state index is 0.0245. The smallest absolute Gasteiger partial charge is 0.230 e. The Kier molecular flexibility index (Phi) is 4.78. The van der Waals surface area contributed by atoms with Crippen LogP contribution in [-0.2, 0) is 4.79 Å². The van der Waals surface area contributed by atoms with Gasteiger partial charge in [-0.2, -0.15) is 15.0 Å². The maximum atomic E-state index is 13.5. The number of likely N-dealkylation sites (N-methyl/N-ethyl adjacent to an activating group) is 1. The number of ketones is 1. The lowest BCUT2D eigenvalue weighted by molar-refractivity contribution is -0.119. The fourth-order valence-electron chi connectivity index (χ4n) is 2.95. The Morgan fingerprint density at radius 1 is 1.28 bits per heavy atom. The summed E-state index contributed by atoms with van der Waals surface area (Å²) in [6.45, 7) is 2.38. The molecule has 0 saturated carbocycles. The molecule has 1 aliphatic rings. The quantitative estimate of drug-likeness (QED) is 0.904. The summed E-state index contributed by atoms with van der Waals surface area (Å²) in [5.74, 6) is 0.207. The first kappa shape index (κ1) is 17.1. The van der Waals surface area contributed by atoms with Crippen molar-refractivity contribution in [3.8, 4) is 0 Å². The highest BCUT2D eigenvalue weighted by atomic mass is 19.1. The summed E-state index contributed by atoms with van der Waals surface area (Å²) in [6, 6.07) is 9.44. The minimum atomic E-state index is -1.35. The number of piperidine rings is 1. The highest BCUT2D eigenvalue weighted by molar-refractivity contribution is 5.91. The molecule has 0 amide bonds. The maximum absolute atomic E-state index is 13.5. The second-order valence-corrected chi connectivity index (χ2v) is 6.11. The minimum Gasteiger partial charge on any atom is -0.368 e.